The van der Waals surface area contributed by atoms with Gasteiger partial charge in [-0.1, -0.05) is 43.3 Å². The highest BCUT2D eigenvalue weighted by Crippen LogP contribution is 2.29. The fourth-order valence-corrected chi connectivity index (χ4v) is 2.10. The molecule has 1 aromatic carbocycles. The van der Waals surface area contributed by atoms with Crippen molar-refractivity contribution in [1.29, 1.82) is 0 Å². The van der Waals surface area contributed by atoms with E-state index in [2.05, 4.69) is 6.58 Å². The highest BCUT2D eigenvalue weighted by Gasteiger charge is 2.25. The molecule has 2 atom stereocenters. The quantitative estimate of drug-likeness (QED) is 0.254. The summed E-state index contributed by atoms with van der Waals surface area (Å²) in [6.45, 7) is 6.22. The van der Waals surface area contributed by atoms with Crippen molar-refractivity contribution in [2.45, 2.75) is 25.6 Å². The number of hydrogen-bond donors (Lipinski definition) is 1. The summed E-state index contributed by atoms with van der Waals surface area (Å²) >= 11 is 0. The predicted molar refractivity (Wildman–Crippen MR) is 93.5 cm³/mol. The number of ether oxygens (including phenoxy) is 4. The van der Waals surface area contributed by atoms with Crippen molar-refractivity contribution in [3.8, 4) is 0 Å². The molecule has 1 aromatic rings. The maximum Gasteiger partial charge on any atom is 0.188 e. The molecule has 1 rings (SSSR count). The van der Waals surface area contributed by atoms with Crippen LogP contribution in [0.5, 0.6) is 0 Å². The third-order valence-corrected chi connectivity index (χ3v) is 3.40. The Morgan fingerprint density at radius 3 is 2.60 bits per heavy atom. The molecule has 0 heterocycles. The molecule has 6 heteroatoms. The topological polar surface area (TPSA) is 57.2 Å². The first-order valence-electron chi connectivity index (χ1n) is 8.20. The third kappa shape index (κ3) is 7.36. The SMILES string of the molecule is C=CCOC(CC)/C(OCOCCOC)=C(\F)C(O)c1ccccc1. The van der Waals surface area contributed by atoms with Crippen LogP contribution in [0.3, 0.4) is 0 Å². The van der Waals surface area contributed by atoms with Crippen LogP contribution >= 0.6 is 0 Å². The summed E-state index contributed by atoms with van der Waals surface area (Å²) in [5, 5.41) is 10.3. The van der Waals surface area contributed by atoms with Gasteiger partial charge in [-0.25, -0.2) is 4.39 Å². The molecule has 0 fully saturated rings. The van der Waals surface area contributed by atoms with Crippen molar-refractivity contribution < 1.29 is 28.4 Å². The molecular formula is C19H27FO5. The van der Waals surface area contributed by atoms with Crippen LogP contribution in [0.2, 0.25) is 0 Å². The molecule has 25 heavy (non-hydrogen) atoms. The average molecular weight is 354 g/mol. The van der Waals surface area contributed by atoms with E-state index in [0.29, 0.717) is 25.2 Å². The molecule has 0 radical (unpaired) electrons. The number of methoxy groups -OCH3 is 1. The molecule has 140 valence electrons. The summed E-state index contributed by atoms with van der Waals surface area (Å²) < 4.78 is 36.0. The number of aliphatic hydroxyl groups excluding tert-OH is 1. The normalized spacial score (nSPS) is 14.6. The van der Waals surface area contributed by atoms with Crippen LogP contribution in [0.15, 0.2) is 54.6 Å². The molecule has 0 saturated carbocycles. The van der Waals surface area contributed by atoms with Crippen molar-refractivity contribution in [2.24, 2.45) is 0 Å². The van der Waals surface area contributed by atoms with Crippen LogP contribution in [0.1, 0.15) is 25.0 Å². The van der Waals surface area contributed by atoms with Crippen LogP contribution in [-0.4, -0.2) is 44.9 Å². The van der Waals surface area contributed by atoms with Gasteiger partial charge in [0.25, 0.3) is 0 Å². The standard InChI is InChI=1S/C19H27FO5/c1-4-11-24-16(5-2)19(25-14-23-13-12-22-3)17(20)18(21)15-9-7-6-8-10-15/h4,6-10,16,18,21H,1,5,11-14H2,2-3H3/b19-17+. The van der Waals surface area contributed by atoms with E-state index in [9.17, 15) is 9.50 Å². The number of rotatable bonds is 13. The Bertz CT molecular complexity index is 518. The Morgan fingerprint density at radius 1 is 1.28 bits per heavy atom. The molecular weight excluding hydrogens is 327 g/mol. The van der Waals surface area contributed by atoms with E-state index in [1.54, 1.807) is 43.5 Å². The van der Waals surface area contributed by atoms with Crippen molar-refractivity contribution in [3.05, 3.63) is 60.1 Å². The van der Waals surface area contributed by atoms with Crippen molar-refractivity contribution in [2.75, 3.05) is 33.7 Å². The summed E-state index contributed by atoms with van der Waals surface area (Å²) in [7, 11) is 1.56. The van der Waals surface area contributed by atoms with Crippen LogP contribution in [0, 0.1) is 0 Å². The van der Waals surface area contributed by atoms with Crippen LogP contribution in [-0.2, 0) is 18.9 Å². The molecule has 5 nitrogen and oxygen atoms in total. The first-order valence-corrected chi connectivity index (χ1v) is 8.20. The molecule has 0 aromatic heterocycles. The fourth-order valence-electron chi connectivity index (χ4n) is 2.10. The lowest BCUT2D eigenvalue weighted by Gasteiger charge is -2.22. The summed E-state index contributed by atoms with van der Waals surface area (Å²) in [4.78, 5) is 0. The highest BCUT2D eigenvalue weighted by atomic mass is 19.1. The van der Waals surface area contributed by atoms with E-state index < -0.39 is 18.0 Å². The second kappa shape index (κ2) is 12.6. The average Bonchev–Trinajstić information content (AvgIpc) is 2.66. The van der Waals surface area contributed by atoms with Crippen LogP contribution in [0.25, 0.3) is 0 Å². The van der Waals surface area contributed by atoms with E-state index in [4.69, 9.17) is 18.9 Å². The van der Waals surface area contributed by atoms with Gasteiger partial charge in [0.2, 0.25) is 0 Å². The van der Waals surface area contributed by atoms with Gasteiger partial charge in [0.05, 0.1) is 19.8 Å². The Hall–Kier alpha value is -1.73. The van der Waals surface area contributed by atoms with E-state index in [-0.39, 0.29) is 19.2 Å². The Kier molecular flexibility index (Phi) is 10.7. The van der Waals surface area contributed by atoms with E-state index in [1.165, 1.54) is 0 Å². The highest BCUT2D eigenvalue weighted by molar-refractivity contribution is 5.25. The molecule has 0 bridgehead atoms. The molecule has 0 amide bonds. The Balaban J connectivity index is 2.94. The number of aliphatic hydroxyl groups is 1. The fraction of sp³-hybridized carbons (Fsp3) is 0.474. The number of hydrogen-bond acceptors (Lipinski definition) is 5. The van der Waals surface area contributed by atoms with Gasteiger partial charge < -0.3 is 24.1 Å². The van der Waals surface area contributed by atoms with Crippen LogP contribution < -0.4 is 0 Å². The van der Waals surface area contributed by atoms with Gasteiger partial charge in [0.15, 0.2) is 18.4 Å². The van der Waals surface area contributed by atoms with Crippen molar-refractivity contribution in [1.82, 2.24) is 0 Å². The molecule has 0 spiro atoms. The molecule has 0 aliphatic carbocycles. The second-order valence-electron chi connectivity index (χ2n) is 5.21. The molecule has 0 aliphatic rings. The Labute approximate surface area is 148 Å². The maximum atomic E-state index is 14.9. The van der Waals surface area contributed by atoms with Gasteiger partial charge in [-0.05, 0) is 12.0 Å². The lowest BCUT2D eigenvalue weighted by molar-refractivity contribution is -0.0667. The zero-order chi connectivity index (χ0) is 18.5. The molecule has 2 unspecified atom stereocenters. The smallest absolute Gasteiger partial charge is 0.188 e. The van der Waals surface area contributed by atoms with Gasteiger partial charge in [-0.3, -0.25) is 0 Å². The second-order valence-corrected chi connectivity index (χ2v) is 5.21. The van der Waals surface area contributed by atoms with E-state index in [1.807, 2.05) is 6.92 Å². The van der Waals surface area contributed by atoms with Gasteiger partial charge >= 0.3 is 0 Å². The lowest BCUT2D eigenvalue weighted by Crippen LogP contribution is -2.21. The minimum atomic E-state index is -1.43. The minimum Gasteiger partial charge on any atom is -0.466 e. The zero-order valence-corrected chi connectivity index (χ0v) is 14.8. The summed E-state index contributed by atoms with van der Waals surface area (Å²) in [5.74, 6) is -0.865. The largest absolute Gasteiger partial charge is 0.466 e. The molecule has 0 aliphatic heterocycles. The molecule has 0 saturated heterocycles. The third-order valence-electron chi connectivity index (χ3n) is 3.40. The van der Waals surface area contributed by atoms with Crippen molar-refractivity contribution in [3.63, 3.8) is 0 Å². The van der Waals surface area contributed by atoms with Gasteiger partial charge in [-0.2, -0.15) is 0 Å². The summed E-state index contributed by atoms with van der Waals surface area (Å²) in [5.41, 5.74) is 0.431. The van der Waals surface area contributed by atoms with E-state index >= 15 is 0 Å². The summed E-state index contributed by atoms with van der Waals surface area (Å²) in [6, 6.07) is 8.53. The first-order chi connectivity index (χ1) is 12.2. The monoisotopic (exact) mass is 354 g/mol. The van der Waals surface area contributed by atoms with Crippen LogP contribution in [0.4, 0.5) is 4.39 Å². The lowest BCUT2D eigenvalue weighted by atomic mass is 10.1. The number of benzene rings is 1. The molecule has 1 N–H and O–H groups in total. The predicted octanol–water partition coefficient (Wildman–Crippen LogP) is 3.52. The minimum absolute atomic E-state index is 0.0712. The van der Waals surface area contributed by atoms with Gasteiger partial charge in [-0.15, -0.1) is 6.58 Å². The van der Waals surface area contributed by atoms with E-state index in [0.717, 1.165) is 0 Å². The summed E-state index contributed by atoms with van der Waals surface area (Å²) in [6.07, 6.45) is -0.0456. The maximum absolute atomic E-state index is 14.9. The Morgan fingerprint density at radius 2 is 2.00 bits per heavy atom. The van der Waals surface area contributed by atoms with Crippen molar-refractivity contribution >= 4 is 0 Å². The van der Waals surface area contributed by atoms with Gasteiger partial charge in [0, 0.05) is 7.11 Å². The first kappa shape index (κ1) is 21.3. The van der Waals surface area contributed by atoms with Gasteiger partial charge in [0.1, 0.15) is 12.2 Å². The zero-order valence-electron chi connectivity index (χ0n) is 14.8. The number of halogens is 1.